The van der Waals surface area contributed by atoms with Crippen molar-refractivity contribution in [3.05, 3.63) is 58.0 Å². The monoisotopic (exact) mass is 501 g/mol. The van der Waals surface area contributed by atoms with Crippen LogP contribution < -0.4 is 10.1 Å². The number of ether oxygens (including phenoxy) is 1. The molecular weight excluding hydrogens is 470 g/mol. The van der Waals surface area contributed by atoms with E-state index in [0.717, 1.165) is 11.1 Å². The standard InChI is InChI=1S/C28H31N5O4/c1-6-36-23-12-17-14-33(26(30)18(17)13-19(23)27(35)31-5)15-22(34)16-10-20(28(2,3)4)25-21(11-16)32-24(37-25)8-7-9-29/h10-13,30H,6-8,14-15H2,1-5H3,(H,31,35). The molecule has 0 radical (unpaired) electrons. The average molecular weight is 502 g/mol. The molecule has 0 aliphatic carbocycles. The van der Waals surface area contributed by atoms with E-state index in [0.29, 0.717) is 65.4 Å². The van der Waals surface area contributed by atoms with Gasteiger partial charge < -0.3 is 19.4 Å². The van der Waals surface area contributed by atoms with Gasteiger partial charge in [0.25, 0.3) is 5.91 Å². The fourth-order valence-corrected chi connectivity index (χ4v) is 4.48. The molecule has 0 spiro atoms. The molecule has 192 valence electrons. The lowest BCUT2D eigenvalue weighted by atomic mass is 9.85. The van der Waals surface area contributed by atoms with Crippen molar-refractivity contribution in [2.75, 3.05) is 20.2 Å². The van der Waals surface area contributed by atoms with Crippen LogP contribution in [0.25, 0.3) is 11.1 Å². The van der Waals surface area contributed by atoms with E-state index in [2.05, 4.69) is 16.4 Å². The highest BCUT2D eigenvalue weighted by atomic mass is 16.5. The second-order valence-electron chi connectivity index (χ2n) is 10.0. The third-order valence-corrected chi connectivity index (χ3v) is 6.36. The Hall–Kier alpha value is -4.19. The topological polar surface area (TPSA) is 132 Å². The smallest absolute Gasteiger partial charge is 0.254 e. The van der Waals surface area contributed by atoms with Crippen LogP contribution in [0.3, 0.4) is 0 Å². The van der Waals surface area contributed by atoms with Crippen LogP contribution >= 0.6 is 0 Å². The number of ketones is 1. The number of aryl methyl sites for hydroxylation is 1. The number of carbonyl (C=O) groups is 2. The summed E-state index contributed by atoms with van der Waals surface area (Å²) in [5.74, 6) is 0.677. The molecule has 2 aromatic carbocycles. The van der Waals surface area contributed by atoms with Crippen molar-refractivity contribution in [2.24, 2.45) is 0 Å². The Morgan fingerprint density at radius 3 is 2.68 bits per heavy atom. The molecule has 1 aromatic heterocycles. The van der Waals surface area contributed by atoms with Crippen LogP contribution in [0.1, 0.15) is 77.4 Å². The summed E-state index contributed by atoms with van der Waals surface area (Å²) < 4.78 is 11.6. The summed E-state index contributed by atoms with van der Waals surface area (Å²) in [6.07, 6.45) is 0.705. The summed E-state index contributed by atoms with van der Waals surface area (Å²) in [6.45, 7) is 8.74. The average Bonchev–Trinajstić information content (AvgIpc) is 3.40. The third kappa shape index (κ3) is 5.05. The number of nitrogens with zero attached hydrogens (tertiary/aromatic N) is 3. The van der Waals surface area contributed by atoms with Gasteiger partial charge in [0.15, 0.2) is 17.3 Å². The van der Waals surface area contributed by atoms with Crippen LogP contribution in [0.15, 0.2) is 28.7 Å². The van der Waals surface area contributed by atoms with Crippen molar-refractivity contribution in [3.63, 3.8) is 0 Å². The number of amidine groups is 1. The minimum absolute atomic E-state index is 0.00101. The van der Waals surface area contributed by atoms with E-state index in [4.69, 9.17) is 19.8 Å². The lowest BCUT2D eigenvalue weighted by Crippen LogP contribution is -2.30. The molecule has 37 heavy (non-hydrogen) atoms. The van der Waals surface area contributed by atoms with E-state index in [9.17, 15) is 9.59 Å². The Morgan fingerprint density at radius 2 is 2.03 bits per heavy atom. The number of hydrogen-bond acceptors (Lipinski definition) is 7. The number of amides is 1. The lowest BCUT2D eigenvalue weighted by Gasteiger charge is -2.21. The minimum atomic E-state index is -0.302. The number of aromatic nitrogens is 1. The summed E-state index contributed by atoms with van der Waals surface area (Å²) in [5.41, 5.74) is 4.06. The maximum absolute atomic E-state index is 13.5. The number of oxazole rings is 1. The summed E-state index contributed by atoms with van der Waals surface area (Å²) in [7, 11) is 1.55. The summed E-state index contributed by atoms with van der Waals surface area (Å²) >= 11 is 0. The van der Waals surface area contributed by atoms with E-state index in [-0.39, 0.29) is 29.5 Å². The van der Waals surface area contributed by atoms with Crippen LogP contribution in [0.5, 0.6) is 5.75 Å². The van der Waals surface area contributed by atoms with Gasteiger partial charge in [-0.15, -0.1) is 0 Å². The maximum atomic E-state index is 13.5. The maximum Gasteiger partial charge on any atom is 0.254 e. The fourth-order valence-electron chi connectivity index (χ4n) is 4.48. The van der Waals surface area contributed by atoms with Crippen molar-refractivity contribution in [1.29, 1.82) is 10.7 Å². The number of nitrogens with one attached hydrogen (secondary N) is 2. The molecule has 1 amide bonds. The molecule has 9 heteroatoms. The van der Waals surface area contributed by atoms with Crippen LogP contribution in [-0.2, 0) is 18.4 Å². The predicted molar refractivity (Wildman–Crippen MR) is 139 cm³/mol. The van der Waals surface area contributed by atoms with Gasteiger partial charge in [-0.25, -0.2) is 4.98 Å². The third-order valence-electron chi connectivity index (χ3n) is 6.36. The van der Waals surface area contributed by atoms with Gasteiger partial charge in [0.05, 0.1) is 24.8 Å². The number of benzene rings is 2. The first-order valence-corrected chi connectivity index (χ1v) is 12.3. The predicted octanol–water partition coefficient (Wildman–Crippen LogP) is 4.36. The normalized spacial score (nSPS) is 13.0. The molecule has 2 N–H and O–H groups in total. The van der Waals surface area contributed by atoms with Gasteiger partial charge in [-0.1, -0.05) is 20.8 Å². The first-order chi connectivity index (χ1) is 17.6. The first kappa shape index (κ1) is 25.9. The van der Waals surface area contributed by atoms with Crippen LogP contribution in [0.4, 0.5) is 0 Å². The van der Waals surface area contributed by atoms with E-state index in [1.165, 1.54) is 0 Å². The van der Waals surface area contributed by atoms with Crippen molar-refractivity contribution >= 4 is 28.6 Å². The molecular formula is C28H31N5O4. The molecule has 4 rings (SSSR count). The zero-order chi connectivity index (χ0) is 26.9. The molecule has 0 saturated heterocycles. The fraction of sp³-hybridized carbons (Fsp3) is 0.393. The molecule has 0 atom stereocenters. The molecule has 0 saturated carbocycles. The van der Waals surface area contributed by atoms with Crippen molar-refractivity contribution in [2.45, 2.75) is 52.5 Å². The Kier molecular flexibility index (Phi) is 7.03. The van der Waals surface area contributed by atoms with Gasteiger partial charge >= 0.3 is 0 Å². The van der Waals surface area contributed by atoms with E-state index in [1.807, 2.05) is 33.8 Å². The lowest BCUT2D eigenvalue weighted by molar-refractivity contribution is 0.0953. The molecule has 1 aliphatic heterocycles. The molecule has 0 unspecified atom stereocenters. The second kappa shape index (κ2) is 10.1. The molecule has 0 fully saturated rings. The highest BCUT2D eigenvalue weighted by molar-refractivity contribution is 6.08. The summed E-state index contributed by atoms with van der Waals surface area (Å²) in [6, 6.07) is 9.10. The number of nitriles is 1. The second-order valence-corrected chi connectivity index (χ2v) is 10.0. The Labute approximate surface area is 215 Å². The van der Waals surface area contributed by atoms with Crippen LogP contribution in [0, 0.1) is 16.7 Å². The Balaban J connectivity index is 1.64. The van der Waals surface area contributed by atoms with Gasteiger partial charge in [0.2, 0.25) is 0 Å². The first-order valence-electron chi connectivity index (χ1n) is 12.3. The Bertz CT molecular complexity index is 1440. The van der Waals surface area contributed by atoms with Crippen molar-refractivity contribution in [1.82, 2.24) is 15.2 Å². The zero-order valence-corrected chi connectivity index (χ0v) is 21.8. The molecule has 9 nitrogen and oxygen atoms in total. The van der Waals surface area contributed by atoms with Crippen molar-refractivity contribution < 1.29 is 18.7 Å². The number of fused-ring (bicyclic) bond motifs is 2. The SMILES string of the molecule is CCOc1cc2c(cc1C(=O)NC)C(=N)N(CC(=O)c1cc(C(C)(C)C)c3oc(CCC#N)nc3c1)C2. The van der Waals surface area contributed by atoms with Gasteiger partial charge in [-0.3, -0.25) is 15.0 Å². The molecule has 0 bridgehead atoms. The summed E-state index contributed by atoms with van der Waals surface area (Å²) in [5, 5.41) is 20.2. The zero-order valence-electron chi connectivity index (χ0n) is 21.8. The van der Waals surface area contributed by atoms with Crippen LogP contribution in [0.2, 0.25) is 0 Å². The number of hydrogen-bond donors (Lipinski definition) is 2. The number of Topliss-reactive ketones (excluding diaryl/α,β-unsaturated/α-hetero) is 1. The van der Waals surface area contributed by atoms with Crippen molar-refractivity contribution in [3.8, 4) is 11.8 Å². The quantitative estimate of drug-likeness (QED) is 0.438. The molecule has 2 heterocycles. The molecule has 3 aromatic rings. The van der Waals surface area contributed by atoms with E-state index >= 15 is 0 Å². The summed E-state index contributed by atoms with van der Waals surface area (Å²) in [4.78, 5) is 32.1. The van der Waals surface area contributed by atoms with Crippen LogP contribution in [-0.4, -0.2) is 47.6 Å². The highest BCUT2D eigenvalue weighted by Gasteiger charge is 2.30. The van der Waals surface area contributed by atoms with Gasteiger partial charge in [0.1, 0.15) is 17.1 Å². The number of rotatable bonds is 8. The Morgan fingerprint density at radius 1 is 1.27 bits per heavy atom. The van der Waals surface area contributed by atoms with E-state index < -0.39 is 0 Å². The molecule has 1 aliphatic rings. The van der Waals surface area contributed by atoms with Gasteiger partial charge in [-0.05, 0) is 42.2 Å². The largest absolute Gasteiger partial charge is 0.493 e. The van der Waals surface area contributed by atoms with Gasteiger partial charge in [0, 0.05) is 43.1 Å². The van der Waals surface area contributed by atoms with Gasteiger partial charge in [-0.2, -0.15) is 5.26 Å². The van der Waals surface area contributed by atoms with E-state index in [1.54, 1.807) is 30.1 Å². The highest BCUT2D eigenvalue weighted by Crippen LogP contribution is 2.34. The number of carbonyl (C=O) groups excluding carboxylic acids is 2. The minimum Gasteiger partial charge on any atom is -0.493 e.